The Morgan fingerprint density at radius 2 is 2.00 bits per heavy atom. The second kappa shape index (κ2) is 6.86. The zero-order valence-electron chi connectivity index (χ0n) is 12.3. The van der Waals surface area contributed by atoms with Gasteiger partial charge in [-0.1, -0.05) is 12.1 Å². The lowest BCUT2D eigenvalue weighted by molar-refractivity contribution is -0.385. The average molecular weight is 303 g/mol. The maximum Gasteiger partial charge on any atom is 0.290 e. The molecule has 116 valence electrons. The fourth-order valence-corrected chi connectivity index (χ4v) is 2.08. The molecular weight excluding hydrogens is 286 g/mol. The van der Waals surface area contributed by atoms with Gasteiger partial charge in [0.1, 0.15) is 17.3 Å². The number of nitrogens with one attached hydrogen (secondary N) is 1. The molecule has 2 N–H and O–H groups in total. The Kier molecular flexibility index (Phi) is 4.90. The minimum Gasteiger partial charge on any atom is -0.497 e. The Morgan fingerprint density at radius 3 is 2.50 bits per heavy atom. The van der Waals surface area contributed by atoms with Crippen molar-refractivity contribution in [2.75, 3.05) is 19.0 Å². The zero-order valence-corrected chi connectivity index (χ0v) is 12.3. The predicted molar refractivity (Wildman–Crippen MR) is 82.1 cm³/mol. The summed E-state index contributed by atoms with van der Waals surface area (Å²) >= 11 is 0. The molecule has 0 bridgehead atoms. The van der Waals surface area contributed by atoms with Crippen LogP contribution in [-0.2, 0) is 0 Å². The van der Waals surface area contributed by atoms with Gasteiger partial charge in [0, 0.05) is 6.07 Å². The van der Waals surface area contributed by atoms with E-state index in [2.05, 4.69) is 10.3 Å². The van der Waals surface area contributed by atoms with E-state index < -0.39 is 4.92 Å². The Morgan fingerprint density at radius 1 is 1.32 bits per heavy atom. The fourth-order valence-electron chi connectivity index (χ4n) is 2.08. The summed E-state index contributed by atoms with van der Waals surface area (Å²) in [6.45, 7) is 1.44. The highest BCUT2D eigenvalue weighted by molar-refractivity contribution is 5.46. The van der Waals surface area contributed by atoms with Crippen molar-refractivity contribution >= 4 is 11.5 Å². The number of hydrogen-bond acceptors (Lipinski definition) is 6. The van der Waals surface area contributed by atoms with Crippen LogP contribution >= 0.6 is 0 Å². The van der Waals surface area contributed by atoms with Gasteiger partial charge < -0.3 is 15.2 Å². The monoisotopic (exact) mass is 303 g/mol. The first kappa shape index (κ1) is 15.7. The van der Waals surface area contributed by atoms with Crippen LogP contribution < -0.4 is 10.1 Å². The van der Waals surface area contributed by atoms with E-state index in [-0.39, 0.29) is 18.3 Å². The van der Waals surface area contributed by atoms with Crippen molar-refractivity contribution in [1.82, 2.24) is 4.98 Å². The number of rotatable bonds is 6. The molecule has 1 heterocycles. The first-order valence-corrected chi connectivity index (χ1v) is 6.68. The number of nitro groups is 1. The highest BCUT2D eigenvalue weighted by atomic mass is 16.6. The van der Waals surface area contributed by atoms with Crippen LogP contribution in [0.4, 0.5) is 11.5 Å². The topological polar surface area (TPSA) is 97.5 Å². The van der Waals surface area contributed by atoms with Crippen LogP contribution in [0.5, 0.6) is 5.75 Å². The maximum absolute atomic E-state index is 10.8. The summed E-state index contributed by atoms with van der Waals surface area (Å²) in [6.07, 6.45) is 0. The number of pyridine rings is 1. The van der Waals surface area contributed by atoms with Crippen LogP contribution in [0.2, 0.25) is 0 Å². The third kappa shape index (κ3) is 3.50. The summed E-state index contributed by atoms with van der Waals surface area (Å²) in [5, 5.41) is 23.4. The summed E-state index contributed by atoms with van der Waals surface area (Å²) in [6, 6.07) is 9.84. The highest BCUT2D eigenvalue weighted by Gasteiger charge is 2.15. The van der Waals surface area contributed by atoms with E-state index in [1.54, 1.807) is 26.2 Å². The van der Waals surface area contributed by atoms with Gasteiger partial charge >= 0.3 is 0 Å². The van der Waals surface area contributed by atoms with Crippen molar-refractivity contribution in [3.8, 4) is 5.75 Å². The van der Waals surface area contributed by atoms with Gasteiger partial charge in [-0.2, -0.15) is 0 Å². The molecule has 0 unspecified atom stereocenters. The third-order valence-electron chi connectivity index (χ3n) is 3.28. The number of ether oxygens (including phenoxy) is 1. The van der Waals surface area contributed by atoms with Gasteiger partial charge in [-0.05, 0) is 30.7 Å². The summed E-state index contributed by atoms with van der Waals surface area (Å²) in [7, 11) is 1.58. The van der Waals surface area contributed by atoms with Crippen LogP contribution in [0.3, 0.4) is 0 Å². The molecule has 0 aliphatic carbocycles. The molecule has 0 amide bonds. The molecule has 22 heavy (non-hydrogen) atoms. The first-order chi connectivity index (χ1) is 10.5. The Balaban J connectivity index is 2.19. The molecule has 7 heteroatoms. The minimum atomic E-state index is -0.473. The smallest absolute Gasteiger partial charge is 0.290 e. The van der Waals surface area contributed by atoms with Crippen molar-refractivity contribution < 1.29 is 14.8 Å². The number of anilines is 1. The van der Waals surface area contributed by atoms with Crippen LogP contribution in [-0.4, -0.2) is 28.7 Å². The zero-order chi connectivity index (χ0) is 16.1. The van der Waals surface area contributed by atoms with E-state index in [1.807, 2.05) is 12.1 Å². The van der Waals surface area contributed by atoms with Gasteiger partial charge in [-0.15, -0.1) is 0 Å². The first-order valence-electron chi connectivity index (χ1n) is 6.68. The SMILES string of the molecule is COc1ccc([C@@H](CO)Nc2ccc([N+](=O)[O-])c(C)n2)cc1. The van der Waals surface area contributed by atoms with Crippen molar-refractivity contribution in [1.29, 1.82) is 0 Å². The standard InChI is InChI=1S/C15H17N3O4/c1-10-14(18(20)21)7-8-15(16-10)17-13(9-19)11-3-5-12(22-2)6-4-11/h3-8,13,19H,9H2,1-2H3,(H,16,17)/t13-/m1/s1. The molecule has 0 aliphatic heterocycles. The van der Waals surface area contributed by atoms with Crippen molar-refractivity contribution in [3.63, 3.8) is 0 Å². The molecule has 2 aromatic rings. The highest BCUT2D eigenvalue weighted by Crippen LogP contribution is 2.23. The van der Waals surface area contributed by atoms with Gasteiger partial charge in [0.25, 0.3) is 5.69 Å². The number of aromatic nitrogens is 1. The molecular formula is C15H17N3O4. The lowest BCUT2D eigenvalue weighted by Gasteiger charge is -2.18. The molecule has 0 aliphatic rings. The average Bonchev–Trinajstić information content (AvgIpc) is 2.52. The van der Waals surface area contributed by atoms with E-state index in [0.717, 1.165) is 11.3 Å². The molecule has 1 atom stereocenters. The molecule has 0 spiro atoms. The lowest BCUT2D eigenvalue weighted by Crippen LogP contribution is -2.16. The van der Waals surface area contributed by atoms with Crippen molar-refractivity contribution in [2.24, 2.45) is 0 Å². The number of hydrogen-bond donors (Lipinski definition) is 2. The lowest BCUT2D eigenvalue weighted by atomic mass is 10.1. The molecule has 7 nitrogen and oxygen atoms in total. The Bertz CT molecular complexity index is 658. The van der Waals surface area contributed by atoms with E-state index in [0.29, 0.717) is 11.5 Å². The summed E-state index contributed by atoms with van der Waals surface area (Å²) in [5.74, 6) is 1.20. The number of aliphatic hydroxyl groups excluding tert-OH is 1. The molecule has 1 aromatic carbocycles. The van der Waals surface area contributed by atoms with E-state index in [1.165, 1.54) is 12.1 Å². The van der Waals surface area contributed by atoms with Gasteiger partial charge in [-0.3, -0.25) is 10.1 Å². The van der Waals surface area contributed by atoms with E-state index in [9.17, 15) is 15.2 Å². The predicted octanol–water partition coefficient (Wildman–Crippen LogP) is 2.45. The number of aliphatic hydroxyl groups is 1. The van der Waals surface area contributed by atoms with Gasteiger partial charge in [0.2, 0.25) is 0 Å². The molecule has 0 saturated heterocycles. The molecule has 0 radical (unpaired) electrons. The van der Waals surface area contributed by atoms with Crippen molar-refractivity contribution in [2.45, 2.75) is 13.0 Å². The number of nitrogens with zero attached hydrogens (tertiary/aromatic N) is 2. The number of benzene rings is 1. The molecule has 2 rings (SSSR count). The second-order valence-electron chi connectivity index (χ2n) is 4.71. The fraction of sp³-hybridized carbons (Fsp3) is 0.267. The largest absolute Gasteiger partial charge is 0.497 e. The van der Waals surface area contributed by atoms with Crippen LogP contribution in [0.1, 0.15) is 17.3 Å². The summed E-state index contributed by atoms with van der Waals surface area (Å²) in [4.78, 5) is 14.5. The Hall–Kier alpha value is -2.67. The summed E-state index contributed by atoms with van der Waals surface area (Å²) in [5.41, 5.74) is 1.15. The quantitative estimate of drug-likeness (QED) is 0.628. The minimum absolute atomic E-state index is 0.0319. The van der Waals surface area contributed by atoms with Crippen LogP contribution in [0.25, 0.3) is 0 Å². The van der Waals surface area contributed by atoms with E-state index in [4.69, 9.17) is 4.74 Å². The van der Waals surface area contributed by atoms with Crippen molar-refractivity contribution in [3.05, 3.63) is 57.8 Å². The Labute approximate surface area is 127 Å². The molecule has 1 aromatic heterocycles. The van der Waals surface area contributed by atoms with Gasteiger partial charge in [-0.25, -0.2) is 4.98 Å². The van der Waals surface area contributed by atoms with Crippen LogP contribution in [0, 0.1) is 17.0 Å². The second-order valence-corrected chi connectivity index (χ2v) is 4.71. The molecule has 0 saturated carbocycles. The van der Waals surface area contributed by atoms with Gasteiger partial charge in [0.05, 0.1) is 24.7 Å². The normalized spacial score (nSPS) is 11.8. The van der Waals surface area contributed by atoms with Crippen LogP contribution in [0.15, 0.2) is 36.4 Å². The third-order valence-corrected chi connectivity index (χ3v) is 3.28. The number of aryl methyl sites for hydroxylation is 1. The molecule has 0 fully saturated rings. The number of methoxy groups -OCH3 is 1. The summed E-state index contributed by atoms with van der Waals surface area (Å²) < 4.78 is 5.09. The maximum atomic E-state index is 10.8. The van der Waals surface area contributed by atoms with E-state index >= 15 is 0 Å². The van der Waals surface area contributed by atoms with Gasteiger partial charge in [0.15, 0.2) is 0 Å².